The highest BCUT2D eigenvalue weighted by atomic mass is 19.1. The van der Waals surface area contributed by atoms with Crippen LogP contribution < -0.4 is 10.6 Å². The first-order valence-electron chi connectivity index (χ1n) is 6.98. The van der Waals surface area contributed by atoms with E-state index in [4.69, 9.17) is 0 Å². The molecular formula is C17H17FN2O3. The predicted molar refractivity (Wildman–Crippen MR) is 85.9 cm³/mol. The first-order valence-corrected chi connectivity index (χ1v) is 6.98. The Morgan fingerprint density at radius 2 is 1.78 bits per heavy atom. The van der Waals surface area contributed by atoms with Crippen molar-refractivity contribution in [1.29, 1.82) is 0 Å². The molecule has 120 valence electrons. The van der Waals surface area contributed by atoms with Crippen LogP contribution in [0.2, 0.25) is 0 Å². The number of amides is 2. The topological polar surface area (TPSA) is 67.4 Å². The minimum Gasteiger partial charge on any atom is -0.453 e. The van der Waals surface area contributed by atoms with Gasteiger partial charge >= 0.3 is 6.09 Å². The number of halogens is 1. The number of nitrogens with one attached hydrogen (secondary N) is 2. The Morgan fingerprint density at radius 1 is 1.09 bits per heavy atom. The maximum atomic E-state index is 13.6. The van der Waals surface area contributed by atoms with Gasteiger partial charge in [-0.05, 0) is 30.7 Å². The predicted octanol–water partition coefficient (Wildman–Crippen LogP) is 3.49. The fraction of sp³-hybridized carbons (Fsp3) is 0.176. The molecule has 0 aliphatic heterocycles. The summed E-state index contributed by atoms with van der Waals surface area (Å²) in [6.45, 7) is 1.97. The van der Waals surface area contributed by atoms with E-state index >= 15 is 0 Å². The third kappa shape index (κ3) is 4.81. The Bertz CT molecular complexity index is 714. The molecule has 0 aliphatic rings. The van der Waals surface area contributed by atoms with E-state index in [9.17, 15) is 14.0 Å². The van der Waals surface area contributed by atoms with Gasteiger partial charge in [-0.2, -0.15) is 0 Å². The maximum absolute atomic E-state index is 13.6. The molecule has 0 fully saturated rings. The van der Waals surface area contributed by atoms with E-state index < -0.39 is 11.9 Å². The number of carbonyl (C=O) groups excluding carboxylic acids is 2. The number of rotatable bonds is 4. The molecule has 0 saturated heterocycles. The standard InChI is InChI=1S/C17H17FN2O3/c1-11-3-5-12(6-4-11)9-16(21)19-13-7-8-14(18)15(10-13)20-17(22)23-2/h3-8,10H,9H2,1-2H3,(H,19,21)(H,20,22). The highest BCUT2D eigenvalue weighted by Gasteiger charge is 2.10. The van der Waals surface area contributed by atoms with E-state index in [0.29, 0.717) is 5.69 Å². The van der Waals surface area contributed by atoms with Gasteiger partial charge < -0.3 is 10.1 Å². The summed E-state index contributed by atoms with van der Waals surface area (Å²) >= 11 is 0. The van der Waals surface area contributed by atoms with Crippen LogP contribution in [0.3, 0.4) is 0 Å². The molecule has 0 aromatic heterocycles. The summed E-state index contributed by atoms with van der Waals surface area (Å²) in [7, 11) is 1.18. The van der Waals surface area contributed by atoms with Gasteiger partial charge in [0.1, 0.15) is 5.82 Å². The number of carbonyl (C=O) groups is 2. The van der Waals surface area contributed by atoms with Crippen LogP contribution in [0.15, 0.2) is 42.5 Å². The minimum atomic E-state index is -0.785. The summed E-state index contributed by atoms with van der Waals surface area (Å²) in [5.74, 6) is -0.851. The summed E-state index contributed by atoms with van der Waals surface area (Å²) in [6, 6.07) is 11.5. The number of ether oxygens (including phenoxy) is 1. The zero-order valence-corrected chi connectivity index (χ0v) is 12.9. The molecule has 2 amide bonds. The van der Waals surface area contributed by atoms with Crippen molar-refractivity contribution in [2.75, 3.05) is 17.7 Å². The molecule has 5 nitrogen and oxygen atoms in total. The van der Waals surface area contributed by atoms with Crippen LogP contribution >= 0.6 is 0 Å². The molecule has 0 radical (unpaired) electrons. The highest BCUT2D eigenvalue weighted by molar-refractivity contribution is 5.93. The summed E-state index contributed by atoms with van der Waals surface area (Å²) < 4.78 is 18.0. The van der Waals surface area contributed by atoms with Crippen molar-refractivity contribution in [3.05, 3.63) is 59.4 Å². The molecule has 23 heavy (non-hydrogen) atoms. The first-order chi connectivity index (χ1) is 11.0. The Hall–Kier alpha value is -2.89. The molecule has 0 unspecified atom stereocenters. The van der Waals surface area contributed by atoms with Gasteiger partial charge in [-0.25, -0.2) is 9.18 Å². The molecule has 2 aromatic rings. The quantitative estimate of drug-likeness (QED) is 0.907. The van der Waals surface area contributed by atoms with E-state index in [2.05, 4.69) is 15.4 Å². The molecule has 2 rings (SSSR count). The molecule has 0 atom stereocenters. The second-order valence-electron chi connectivity index (χ2n) is 5.02. The Morgan fingerprint density at radius 3 is 2.43 bits per heavy atom. The smallest absolute Gasteiger partial charge is 0.411 e. The van der Waals surface area contributed by atoms with Crippen molar-refractivity contribution in [2.45, 2.75) is 13.3 Å². The van der Waals surface area contributed by atoms with Crippen molar-refractivity contribution in [3.8, 4) is 0 Å². The van der Waals surface area contributed by atoms with Crippen LogP contribution in [0.5, 0.6) is 0 Å². The molecule has 0 saturated carbocycles. The van der Waals surface area contributed by atoms with Crippen molar-refractivity contribution >= 4 is 23.4 Å². The Labute approximate surface area is 133 Å². The summed E-state index contributed by atoms with van der Waals surface area (Å²) in [6.07, 6.45) is -0.579. The van der Waals surface area contributed by atoms with Crippen LogP contribution in [-0.2, 0) is 16.0 Å². The normalized spacial score (nSPS) is 10.0. The van der Waals surface area contributed by atoms with Crippen molar-refractivity contribution in [2.24, 2.45) is 0 Å². The van der Waals surface area contributed by atoms with E-state index in [1.807, 2.05) is 31.2 Å². The van der Waals surface area contributed by atoms with Gasteiger partial charge in [-0.15, -0.1) is 0 Å². The molecule has 0 bridgehead atoms. The lowest BCUT2D eigenvalue weighted by Crippen LogP contribution is -2.16. The zero-order valence-electron chi connectivity index (χ0n) is 12.9. The monoisotopic (exact) mass is 316 g/mol. The average molecular weight is 316 g/mol. The van der Waals surface area contributed by atoms with Crippen LogP contribution in [0, 0.1) is 12.7 Å². The molecule has 0 heterocycles. The van der Waals surface area contributed by atoms with Crippen LogP contribution in [-0.4, -0.2) is 19.1 Å². The molecular weight excluding hydrogens is 299 g/mol. The van der Waals surface area contributed by atoms with E-state index in [-0.39, 0.29) is 18.0 Å². The van der Waals surface area contributed by atoms with Crippen molar-refractivity contribution in [1.82, 2.24) is 0 Å². The second-order valence-corrected chi connectivity index (χ2v) is 5.02. The van der Waals surface area contributed by atoms with Gasteiger partial charge in [0.05, 0.1) is 19.2 Å². The van der Waals surface area contributed by atoms with Gasteiger partial charge in [0.25, 0.3) is 0 Å². The highest BCUT2D eigenvalue weighted by Crippen LogP contribution is 2.20. The fourth-order valence-electron chi connectivity index (χ4n) is 1.96. The Kier molecular flexibility index (Phi) is 5.30. The maximum Gasteiger partial charge on any atom is 0.411 e. The third-order valence-corrected chi connectivity index (χ3v) is 3.16. The van der Waals surface area contributed by atoms with Gasteiger partial charge in [0, 0.05) is 5.69 Å². The molecule has 2 N–H and O–H groups in total. The molecule has 0 spiro atoms. The number of methoxy groups -OCH3 is 1. The van der Waals surface area contributed by atoms with Crippen molar-refractivity contribution < 1.29 is 18.7 Å². The average Bonchev–Trinajstić information content (AvgIpc) is 2.52. The summed E-state index contributed by atoms with van der Waals surface area (Å²) in [4.78, 5) is 23.2. The fourth-order valence-corrected chi connectivity index (χ4v) is 1.96. The first kappa shape index (κ1) is 16.5. The third-order valence-electron chi connectivity index (χ3n) is 3.16. The van der Waals surface area contributed by atoms with E-state index in [1.54, 1.807) is 0 Å². The molecule has 2 aromatic carbocycles. The second kappa shape index (κ2) is 7.40. The van der Waals surface area contributed by atoms with Gasteiger partial charge in [0.2, 0.25) is 5.91 Å². The lowest BCUT2D eigenvalue weighted by atomic mass is 10.1. The SMILES string of the molecule is COC(=O)Nc1cc(NC(=O)Cc2ccc(C)cc2)ccc1F. The van der Waals surface area contributed by atoms with Gasteiger partial charge in [-0.1, -0.05) is 29.8 Å². The largest absolute Gasteiger partial charge is 0.453 e. The minimum absolute atomic E-state index is 0.0648. The summed E-state index contributed by atoms with van der Waals surface area (Å²) in [5, 5.41) is 4.91. The van der Waals surface area contributed by atoms with Gasteiger partial charge in [-0.3, -0.25) is 10.1 Å². The summed E-state index contributed by atoms with van der Waals surface area (Å²) in [5.41, 5.74) is 2.31. The molecule has 6 heteroatoms. The zero-order chi connectivity index (χ0) is 16.8. The van der Waals surface area contributed by atoms with Crippen LogP contribution in [0.4, 0.5) is 20.6 Å². The van der Waals surface area contributed by atoms with Gasteiger partial charge in [0.15, 0.2) is 0 Å². The number of aryl methyl sites for hydroxylation is 1. The number of hydrogen-bond donors (Lipinski definition) is 2. The van der Waals surface area contributed by atoms with E-state index in [1.165, 1.54) is 19.2 Å². The lowest BCUT2D eigenvalue weighted by molar-refractivity contribution is -0.115. The molecule has 0 aliphatic carbocycles. The number of hydrogen-bond acceptors (Lipinski definition) is 3. The van der Waals surface area contributed by atoms with Crippen LogP contribution in [0.1, 0.15) is 11.1 Å². The number of anilines is 2. The van der Waals surface area contributed by atoms with Crippen molar-refractivity contribution in [3.63, 3.8) is 0 Å². The number of benzene rings is 2. The Balaban J connectivity index is 2.04. The van der Waals surface area contributed by atoms with E-state index in [0.717, 1.165) is 17.2 Å². The van der Waals surface area contributed by atoms with Crippen LogP contribution in [0.25, 0.3) is 0 Å². The lowest BCUT2D eigenvalue weighted by Gasteiger charge is -2.09.